The van der Waals surface area contributed by atoms with Crippen molar-refractivity contribution < 1.29 is 27.5 Å². The molecule has 2 spiro atoms. The number of ketones is 1. The molecule has 1 aliphatic carbocycles. The van der Waals surface area contributed by atoms with Crippen LogP contribution in [-0.4, -0.2) is 49.8 Å². The van der Waals surface area contributed by atoms with Gasteiger partial charge in [0.25, 0.3) is 0 Å². The standard InChI is InChI=1S/C30H31Cl2F3N2O3/c31-18-7-8-20-22(11-18)36-27(39)30(20)24(19-4-1-5-21(32)25(19)35)26(23(38)9-6-17-3-2-10-40-12-17)37-29(30)13-28(14-29,15-33)16-34/h1,4-5,7-8,11,17,24,26,37H,2-3,6,9-10,12-16H2,(H,36,39)/t17?,24-,26-,30+/m0/s1. The van der Waals surface area contributed by atoms with Crippen molar-refractivity contribution in [1.29, 1.82) is 0 Å². The minimum absolute atomic E-state index is 0.0264. The summed E-state index contributed by atoms with van der Waals surface area (Å²) in [6.45, 7) is -0.528. The zero-order valence-corrected chi connectivity index (χ0v) is 23.4. The van der Waals surface area contributed by atoms with Crippen LogP contribution in [0.15, 0.2) is 36.4 Å². The van der Waals surface area contributed by atoms with Gasteiger partial charge in [-0.25, -0.2) is 4.39 Å². The number of ether oxygens (including phenoxy) is 1. The molecule has 4 aliphatic rings. The van der Waals surface area contributed by atoms with Gasteiger partial charge in [0.1, 0.15) is 17.0 Å². The van der Waals surface area contributed by atoms with Crippen LogP contribution in [0.4, 0.5) is 18.9 Å². The summed E-state index contributed by atoms with van der Waals surface area (Å²) in [5.41, 5.74) is -2.92. The number of fused-ring (bicyclic) bond motifs is 3. The molecule has 0 bridgehead atoms. The number of anilines is 1. The molecule has 2 aromatic rings. The Morgan fingerprint density at radius 3 is 2.60 bits per heavy atom. The average molecular weight is 595 g/mol. The quantitative estimate of drug-likeness (QED) is 0.394. The summed E-state index contributed by atoms with van der Waals surface area (Å²) >= 11 is 12.5. The third kappa shape index (κ3) is 4.04. The van der Waals surface area contributed by atoms with Gasteiger partial charge in [0.05, 0.1) is 24.4 Å². The van der Waals surface area contributed by atoms with Gasteiger partial charge in [0, 0.05) is 47.2 Å². The molecule has 40 heavy (non-hydrogen) atoms. The van der Waals surface area contributed by atoms with Gasteiger partial charge in [-0.15, -0.1) is 0 Å². The smallest absolute Gasteiger partial charge is 0.237 e. The number of Topliss-reactive ketones (excluding diaryl/α,β-unsaturated/α-hetero) is 1. The van der Waals surface area contributed by atoms with Crippen molar-refractivity contribution in [3.05, 3.63) is 63.4 Å². The summed E-state index contributed by atoms with van der Waals surface area (Å²) in [5.74, 6) is -2.14. The summed E-state index contributed by atoms with van der Waals surface area (Å²) in [6, 6.07) is 8.50. The normalized spacial score (nSPS) is 29.8. The van der Waals surface area contributed by atoms with Gasteiger partial charge < -0.3 is 10.1 Å². The number of amides is 1. The highest BCUT2D eigenvalue weighted by Crippen LogP contribution is 2.68. The second-order valence-electron chi connectivity index (χ2n) is 12.0. The predicted molar refractivity (Wildman–Crippen MR) is 147 cm³/mol. The van der Waals surface area contributed by atoms with Crippen molar-refractivity contribution in [3.63, 3.8) is 0 Å². The monoisotopic (exact) mass is 594 g/mol. The van der Waals surface area contributed by atoms with E-state index >= 15 is 4.39 Å². The molecule has 0 radical (unpaired) electrons. The number of carbonyl (C=O) groups excluding carboxylic acids is 2. The maximum atomic E-state index is 15.9. The molecule has 3 aliphatic heterocycles. The van der Waals surface area contributed by atoms with E-state index in [1.807, 2.05) is 0 Å². The predicted octanol–water partition coefficient (Wildman–Crippen LogP) is 6.31. The highest BCUT2D eigenvalue weighted by molar-refractivity contribution is 6.31. The largest absolute Gasteiger partial charge is 0.381 e. The lowest BCUT2D eigenvalue weighted by Crippen LogP contribution is -2.70. The van der Waals surface area contributed by atoms with Gasteiger partial charge in [-0.3, -0.25) is 23.7 Å². The molecule has 2 N–H and O–H groups in total. The SMILES string of the molecule is O=C(CCC1CCCOC1)[C@@H]1NC2(CC(CF)(CF)C2)[C@@]2(C(=O)Nc3cc(Cl)ccc32)[C@H]1c1cccc(Cl)c1F. The van der Waals surface area contributed by atoms with Crippen molar-refractivity contribution in [3.8, 4) is 0 Å². The van der Waals surface area contributed by atoms with Crippen LogP contribution in [-0.2, 0) is 19.7 Å². The van der Waals surface area contributed by atoms with Crippen LogP contribution in [0.5, 0.6) is 0 Å². The average Bonchev–Trinajstić information content (AvgIpc) is 3.40. The van der Waals surface area contributed by atoms with Gasteiger partial charge in [-0.1, -0.05) is 41.4 Å². The topological polar surface area (TPSA) is 67.4 Å². The fourth-order valence-corrected chi connectivity index (χ4v) is 8.30. The van der Waals surface area contributed by atoms with Crippen LogP contribution in [0.3, 0.4) is 0 Å². The minimum Gasteiger partial charge on any atom is -0.381 e. The van der Waals surface area contributed by atoms with Gasteiger partial charge >= 0.3 is 0 Å². The van der Waals surface area contributed by atoms with Crippen LogP contribution in [0.1, 0.15) is 55.6 Å². The lowest BCUT2D eigenvalue weighted by molar-refractivity contribution is -0.131. The van der Waals surface area contributed by atoms with Crippen molar-refractivity contribution in [2.45, 2.75) is 61.4 Å². The first-order valence-corrected chi connectivity index (χ1v) is 14.5. The van der Waals surface area contributed by atoms with Crippen LogP contribution in [0.25, 0.3) is 0 Å². The Balaban J connectivity index is 1.51. The molecule has 2 aromatic carbocycles. The maximum Gasteiger partial charge on any atom is 0.237 e. The number of nitrogens with one attached hydrogen (secondary N) is 2. The molecule has 1 saturated carbocycles. The Morgan fingerprint density at radius 1 is 1.12 bits per heavy atom. The van der Waals surface area contributed by atoms with Gasteiger partial charge in [0.15, 0.2) is 0 Å². The van der Waals surface area contributed by atoms with E-state index in [-0.39, 0.29) is 41.5 Å². The van der Waals surface area contributed by atoms with Crippen LogP contribution < -0.4 is 10.6 Å². The second kappa shape index (κ2) is 10.3. The number of hydrogen-bond donors (Lipinski definition) is 2. The van der Waals surface area contributed by atoms with Gasteiger partial charge in [-0.05, 0) is 67.3 Å². The number of rotatable bonds is 7. The number of carbonyl (C=O) groups is 2. The van der Waals surface area contributed by atoms with E-state index in [9.17, 15) is 18.4 Å². The number of alkyl halides is 2. The summed E-state index contributed by atoms with van der Waals surface area (Å²) in [6.07, 6.45) is 2.62. The van der Waals surface area contributed by atoms with E-state index in [1.165, 1.54) is 6.07 Å². The first-order valence-electron chi connectivity index (χ1n) is 13.8. The molecule has 5 nitrogen and oxygen atoms in total. The number of hydrogen-bond acceptors (Lipinski definition) is 4. The Morgan fingerprint density at radius 2 is 1.90 bits per heavy atom. The molecule has 10 heteroatoms. The number of halogens is 5. The fourth-order valence-electron chi connectivity index (χ4n) is 7.94. The summed E-state index contributed by atoms with van der Waals surface area (Å²) in [7, 11) is 0. The lowest BCUT2D eigenvalue weighted by Gasteiger charge is -2.59. The van der Waals surface area contributed by atoms with Crippen molar-refractivity contribution in [2.75, 3.05) is 31.9 Å². The number of benzene rings is 2. The molecule has 1 amide bonds. The van der Waals surface area contributed by atoms with E-state index < -0.39 is 53.4 Å². The highest BCUT2D eigenvalue weighted by atomic mass is 35.5. The zero-order chi connectivity index (χ0) is 28.3. The van der Waals surface area contributed by atoms with E-state index in [0.717, 1.165) is 12.8 Å². The first kappa shape index (κ1) is 28.0. The molecular formula is C30H31Cl2F3N2O3. The maximum absolute atomic E-state index is 15.9. The van der Waals surface area contributed by atoms with Crippen LogP contribution >= 0.6 is 23.2 Å². The Hall–Kier alpha value is -2.13. The molecule has 6 rings (SSSR count). The molecule has 3 heterocycles. The van der Waals surface area contributed by atoms with E-state index in [1.54, 1.807) is 30.3 Å². The van der Waals surface area contributed by atoms with Crippen molar-refractivity contribution in [2.24, 2.45) is 11.3 Å². The van der Waals surface area contributed by atoms with Crippen LogP contribution in [0, 0.1) is 17.2 Å². The molecular weight excluding hydrogens is 564 g/mol. The third-order valence-corrected chi connectivity index (χ3v) is 10.2. The molecule has 0 aromatic heterocycles. The van der Waals surface area contributed by atoms with E-state index in [2.05, 4.69) is 10.6 Å². The second-order valence-corrected chi connectivity index (χ2v) is 12.8. The molecule has 2 saturated heterocycles. The van der Waals surface area contributed by atoms with Gasteiger partial charge in [-0.2, -0.15) is 0 Å². The Kier molecular flexibility index (Phi) is 7.21. The zero-order valence-electron chi connectivity index (χ0n) is 21.9. The minimum atomic E-state index is -1.53. The van der Waals surface area contributed by atoms with E-state index in [0.29, 0.717) is 35.9 Å². The molecule has 4 atom stereocenters. The fraction of sp³-hybridized carbons (Fsp3) is 0.533. The van der Waals surface area contributed by atoms with Crippen molar-refractivity contribution >= 4 is 40.6 Å². The molecule has 1 unspecified atom stereocenters. The lowest BCUT2D eigenvalue weighted by atomic mass is 9.46. The summed E-state index contributed by atoms with van der Waals surface area (Å²) < 4.78 is 49.9. The first-order chi connectivity index (χ1) is 19.2. The van der Waals surface area contributed by atoms with Crippen molar-refractivity contribution in [1.82, 2.24) is 5.32 Å². The van der Waals surface area contributed by atoms with Gasteiger partial charge in [0.2, 0.25) is 5.91 Å². The molecule has 3 fully saturated rings. The van der Waals surface area contributed by atoms with E-state index in [4.69, 9.17) is 27.9 Å². The van der Waals surface area contributed by atoms with Crippen LogP contribution in [0.2, 0.25) is 10.0 Å². The Labute approximate surface area is 241 Å². The summed E-state index contributed by atoms with van der Waals surface area (Å²) in [4.78, 5) is 28.3. The highest BCUT2D eigenvalue weighted by Gasteiger charge is 2.77. The third-order valence-electron chi connectivity index (χ3n) is 9.64. The Bertz CT molecular complexity index is 1340. The molecule has 214 valence electrons. The summed E-state index contributed by atoms with van der Waals surface area (Å²) in [5, 5.41) is 6.57.